The topological polar surface area (TPSA) is 136 Å². The summed E-state index contributed by atoms with van der Waals surface area (Å²) < 4.78 is 58.2. The maximum absolute atomic E-state index is 11.2. The van der Waals surface area contributed by atoms with Crippen LogP contribution in [0, 0.1) is 0 Å². The summed E-state index contributed by atoms with van der Waals surface area (Å²) >= 11 is 0. The number of hydrogen-bond donors (Lipinski definition) is 0. The first-order valence-corrected chi connectivity index (χ1v) is 13.8. The van der Waals surface area contributed by atoms with Gasteiger partial charge < -0.3 is 52.1 Å². The Labute approximate surface area is 238 Å². The van der Waals surface area contributed by atoms with Crippen LogP contribution >= 0.6 is 0 Å². The van der Waals surface area contributed by atoms with Gasteiger partial charge in [-0.3, -0.25) is 4.79 Å². The van der Waals surface area contributed by atoms with Crippen molar-refractivity contribution in [2.24, 2.45) is 0 Å². The highest BCUT2D eigenvalue weighted by Crippen LogP contribution is 1.91. The van der Waals surface area contributed by atoms with Gasteiger partial charge >= 0.3 is 11.9 Å². The van der Waals surface area contributed by atoms with Crippen molar-refractivity contribution in [3.05, 3.63) is 12.7 Å². The zero-order chi connectivity index (χ0) is 29.2. The van der Waals surface area contributed by atoms with E-state index >= 15 is 0 Å². The predicted molar refractivity (Wildman–Crippen MR) is 144 cm³/mol. The fourth-order valence-corrected chi connectivity index (χ4v) is 2.61. The number of hydrogen-bond acceptors (Lipinski definition) is 13. The average Bonchev–Trinajstić information content (AvgIpc) is 2.95. The molecule has 0 radical (unpaired) electrons. The minimum absolute atomic E-state index is 0.192. The van der Waals surface area contributed by atoms with Crippen LogP contribution < -0.4 is 0 Å². The minimum atomic E-state index is -0.461. The fraction of sp³-hybridized carbons (Fsp3) is 0.852. The Kier molecular flexibility index (Phi) is 32.1. The van der Waals surface area contributed by atoms with Gasteiger partial charge in [0.15, 0.2) is 0 Å². The molecule has 0 N–H and O–H groups in total. The van der Waals surface area contributed by atoms with E-state index in [0.717, 1.165) is 12.5 Å². The third-order valence-electron chi connectivity index (χ3n) is 4.56. The highest BCUT2D eigenvalue weighted by atomic mass is 16.6. The lowest BCUT2D eigenvalue weighted by atomic mass is 10.3. The molecule has 40 heavy (non-hydrogen) atoms. The van der Waals surface area contributed by atoms with Crippen molar-refractivity contribution in [3.63, 3.8) is 0 Å². The second-order valence-corrected chi connectivity index (χ2v) is 7.85. The molecule has 13 nitrogen and oxygen atoms in total. The van der Waals surface area contributed by atoms with Crippen LogP contribution in [0.1, 0.15) is 19.8 Å². The van der Waals surface area contributed by atoms with Crippen LogP contribution in [0.5, 0.6) is 0 Å². The molecule has 0 aliphatic rings. The van der Waals surface area contributed by atoms with Gasteiger partial charge in [0.2, 0.25) is 0 Å². The summed E-state index contributed by atoms with van der Waals surface area (Å²) in [4.78, 5) is 22.0. The molecule has 0 aromatic heterocycles. The second-order valence-electron chi connectivity index (χ2n) is 7.85. The molecule has 0 aromatic carbocycles. The van der Waals surface area contributed by atoms with E-state index in [1.165, 1.54) is 0 Å². The van der Waals surface area contributed by atoms with Crippen LogP contribution in [0.25, 0.3) is 0 Å². The van der Waals surface area contributed by atoms with E-state index in [-0.39, 0.29) is 19.2 Å². The van der Waals surface area contributed by atoms with E-state index in [1.54, 1.807) is 0 Å². The largest absolute Gasteiger partial charge is 0.463 e. The summed E-state index contributed by atoms with van der Waals surface area (Å²) in [6.07, 6.45) is 2.33. The van der Waals surface area contributed by atoms with E-state index in [4.69, 9.17) is 52.1 Å². The molecule has 0 atom stereocenters. The number of carbonyl (C=O) groups is 2. The molecule has 13 heteroatoms. The van der Waals surface area contributed by atoms with E-state index < -0.39 is 5.97 Å². The van der Waals surface area contributed by atoms with E-state index in [2.05, 4.69) is 6.58 Å². The Morgan fingerprint density at radius 3 is 0.950 bits per heavy atom. The number of carbonyl (C=O) groups excluding carboxylic acids is 2. The van der Waals surface area contributed by atoms with Gasteiger partial charge in [0, 0.05) is 12.5 Å². The van der Waals surface area contributed by atoms with Gasteiger partial charge in [-0.1, -0.05) is 13.5 Å². The Bertz CT molecular complexity index is 563. The summed E-state index contributed by atoms with van der Waals surface area (Å²) in [6, 6.07) is 0. The lowest BCUT2D eigenvalue weighted by Gasteiger charge is -2.09. The van der Waals surface area contributed by atoms with E-state index in [0.29, 0.717) is 125 Å². The summed E-state index contributed by atoms with van der Waals surface area (Å²) in [6.45, 7) is 13.9. The summed E-state index contributed by atoms with van der Waals surface area (Å²) in [5.74, 6) is -0.653. The summed E-state index contributed by atoms with van der Waals surface area (Å²) in [5.41, 5.74) is 0. The van der Waals surface area contributed by atoms with Gasteiger partial charge in [-0.25, -0.2) is 4.79 Å². The SMILES string of the molecule is C=CC(=O)OCCOCCOCCOCCOCCOCCOCCOCCOCCOCCOC(=O)CCC. The van der Waals surface area contributed by atoms with Crippen molar-refractivity contribution in [2.75, 3.05) is 132 Å². The van der Waals surface area contributed by atoms with Gasteiger partial charge in [0.05, 0.1) is 119 Å². The maximum Gasteiger partial charge on any atom is 0.330 e. The first-order valence-electron chi connectivity index (χ1n) is 13.8. The van der Waals surface area contributed by atoms with Gasteiger partial charge in [0.25, 0.3) is 0 Å². The van der Waals surface area contributed by atoms with E-state index in [9.17, 15) is 9.59 Å². The molecule has 0 aliphatic heterocycles. The van der Waals surface area contributed by atoms with Gasteiger partial charge in [-0.15, -0.1) is 0 Å². The highest BCUT2D eigenvalue weighted by molar-refractivity contribution is 5.81. The Morgan fingerprint density at radius 1 is 0.450 bits per heavy atom. The normalized spacial score (nSPS) is 11.0. The maximum atomic E-state index is 11.2. The summed E-state index contributed by atoms with van der Waals surface area (Å²) in [5, 5.41) is 0. The smallest absolute Gasteiger partial charge is 0.330 e. The molecule has 0 saturated heterocycles. The molecule has 0 rings (SSSR count). The highest BCUT2D eigenvalue weighted by Gasteiger charge is 2.00. The Balaban J connectivity index is 3.07. The first kappa shape index (κ1) is 38.3. The summed E-state index contributed by atoms with van der Waals surface area (Å²) in [7, 11) is 0. The quantitative estimate of drug-likeness (QED) is 0.0624. The molecule has 0 unspecified atom stereocenters. The van der Waals surface area contributed by atoms with Crippen molar-refractivity contribution in [1.29, 1.82) is 0 Å². The fourth-order valence-electron chi connectivity index (χ4n) is 2.61. The molecule has 0 fully saturated rings. The number of esters is 2. The molecule has 236 valence electrons. The van der Waals surface area contributed by atoms with Crippen LogP contribution in [0.4, 0.5) is 0 Å². The van der Waals surface area contributed by atoms with Crippen LogP contribution in [0.15, 0.2) is 12.7 Å². The lowest BCUT2D eigenvalue weighted by molar-refractivity contribution is -0.145. The molecule has 0 aromatic rings. The van der Waals surface area contributed by atoms with Gasteiger partial charge in [0.1, 0.15) is 13.2 Å². The monoisotopic (exact) mass is 582 g/mol. The Hall–Kier alpha value is -1.68. The number of ether oxygens (including phenoxy) is 11. The van der Waals surface area contributed by atoms with Crippen molar-refractivity contribution in [2.45, 2.75) is 19.8 Å². The molecule has 0 bridgehead atoms. The second kappa shape index (κ2) is 33.5. The van der Waals surface area contributed by atoms with Crippen molar-refractivity contribution < 1.29 is 61.7 Å². The Morgan fingerprint density at radius 2 is 0.700 bits per heavy atom. The van der Waals surface area contributed by atoms with Gasteiger partial charge in [-0.05, 0) is 6.42 Å². The average molecular weight is 583 g/mol. The van der Waals surface area contributed by atoms with Crippen LogP contribution in [-0.2, 0) is 61.7 Å². The third-order valence-corrected chi connectivity index (χ3v) is 4.56. The minimum Gasteiger partial charge on any atom is -0.463 e. The molecule has 0 amide bonds. The predicted octanol–water partition coefficient (Wildman–Crippen LogP) is 1.21. The van der Waals surface area contributed by atoms with Crippen LogP contribution in [0.2, 0.25) is 0 Å². The number of rotatable bonds is 33. The molecule has 0 spiro atoms. The third kappa shape index (κ3) is 32.5. The van der Waals surface area contributed by atoms with Crippen molar-refractivity contribution >= 4 is 11.9 Å². The standard InChI is InChI=1S/C27H50O13/c1-3-5-27(29)40-25-23-38-21-19-36-17-15-34-13-11-32-9-7-30-6-8-31-10-12-33-14-16-35-18-20-37-22-24-39-26(28)4-2/h4H,2-3,5-25H2,1H3. The first-order chi connectivity index (χ1) is 19.7. The molecular weight excluding hydrogens is 532 g/mol. The zero-order valence-electron chi connectivity index (χ0n) is 24.1. The lowest BCUT2D eigenvalue weighted by Crippen LogP contribution is -2.15. The van der Waals surface area contributed by atoms with Crippen molar-refractivity contribution in [3.8, 4) is 0 Å². The van der Waals surface area contributed by atoms with Crippen LogP contribution in [-0.4, -0.2) is 144 Å². The van der Waals surface area contributed by atoms with Gasteiger partial charge in [-0.2, -0.15) is 0 Å². The zero-order valence-corrected chi connectivity index (χ0v) is 24.1. The molecule has 0 heterocycles. The molecule has 0 aliphatic carbocycles. The van der Waals surface area contributed by atoms with E-state index in [1.807, 2.05) is 6.92 Å². The van der Waals surface area contributed by atoms with Crippen LogP contribution in [0.3, 0.4) is 0 Å². The molecular formula is C27H50O13. The van der Waals surface area contributed by atoms with Crippen molar-refractivity contribution in [1.82, 2.24) is 0 Å². The molecule has 0 saturated carbocycles.